The third kappa shape index (κ3) is 4.71. The molecule has 1 heterocycles. The third-order valence-electron chi connectivity index (χ3n) is 4.08. The van der Waals surface area contributed by atoms with Gasteiger partial charge in [-0.15, -0.1) is 0 Å². The Hall–Kier alpha value is -2.12. The second-order valence-electron chi connectivity index (χ2n) is 6.06. The lowest BCUT2D eigenvalue weighted by molar-refractivity contribution is -0.116. The predicted molar refractivity (Wildman–Crippen MR) is 88.0 cm³/mol. The predicted octanol–water partition coefficient (Wildman–Crippen LogP) is 2.42. The summed E-state index contributed by atoms with van der Waals surface area (Å²) in [5.41, 5.74) is 1.54. The second kappa shape index (κ2) is 7.77. The zero-order valence-corrected chi connectivity index (χ0v) is 13.2. The molecule has 116 valence electrons. The summed E-state index contributed by atoms with van der Waals surface area (Å²) in [6.07, 6.45) is 4.47. The van der Waals surface area contributed by atoms with E-state index in [-0.39, 0.29) is 5.91 Å². The molecule has 2 rings (SSSR count). The van der Waals surface area contributed by atoms with Crippen LogP contribution in [0.1, 0.15) is 31.4 Å². The van der Waals surface area contributed by atoms with Crippen molar-refractivity contribution < 1.29 is 4.79 Å². The molecule has 0 bridgehead atoms. The number of hydrogen-bond acceptors (Lipinski definition) is 3. The molecule has 0 radical (unpaired) electrons. The molecule has 0 aliphatic carbocycles. The Bertz CT molecular complexity index is 569. The average molecular weight is 297 g/mol. The molecular weight excluding hydrogens is 274 g/mol. The number of nitrogens with zero attached hydrogens (tertiary/aromatic N) is 2. The second-order valence-corrected chi connectivity index (χ2v) is 6.06. The van der Waals surface area contributed by atoms with Crippen molar-refractivity contribution in [3.63, 3.8) is 0 Å². The lowest BCUT2D eigenvalue weighted by Gasteiger charge is -2.20. The van der Waals surface area contributed by atoms with E-state index in [2.05, 4.69) is 30.1 Å². The first-order valence-corrected chi connectivity index (χ1v) is 7.78. The number of carbonyl (C=O) groups is 1. The summed E-state index contributed by atoms with van der Waals surface area (Å²) >= 11 is 0. The van der Waals surface area contributed by atoms with E-state index in [1.165, 1.54) is 0 Å². The van der Waals surface area contributed by atoms with Crippen LogP contribution >= 0.6 is 0 Å². The van der Waals surface area contributed by atoms with Crippen LogP contribution < -0.4 is 5.32 Å². The molecular formula is C18H23N3O. The molecule has 1 fully saturated rings. The van der Waals surface area contributed by atoms with Crippen molar-refractivity contribution in [1.29, 1.82) is 5.26 Å². The van der Waals surface area contributed by atoms with Crippen molar-refractivity contribution in [3.05, 3.63) is 41.5 Å². The average Bonchev–Trinajstić information content (AvgIpc) is 3.00. The van der Waals surface area contributed by atoms with Gasteiger partial charge in [-0.25, -0.2) is 0 Å². The highest BCUT2D eigenvalue weighted by molar-refractivity contribution is 5.91. The summed E-state index contributed by atoms with van der Waals surface area (Å²) in [5.74, 6) is 0.488. The number of carbonyl (C=O) groups excluding carboxylic acids is 1. The number of hydrogen-bond donors (Lipinski definition) is 1. The van der Waals surface area contributed by atoms with Gasteiger partial charge in [0.2, 0.25) is 5.91 Å². The van der Waals surface area contributed by atoms with Crippen LogP contribution in [0.4, 0.5) is 0 Å². The quantitative estimate of drug-likeness (QED) is 0.849. The van der Waals surface area contributed by atoms with Gasteiger partial charge in [-0.3, -0.25) is 4.79 Å². The summed E-state index contributed by atoms with van der Waals surface area (Å²) in [4.78, 5) is 14.3. The molecule has 0 unspecified atom stereocenters. The number of likely N-dealkylation sites (tertiary alicyclic amines) is 1. The molecule has 1 aromatic rings. The van der Waals surface area contributed by atoms with E-state index in [1.807, 2.05) is 12.1 Å². The van der Waals surface area contributed by atoms with Crippen molar-refractivity contribution in [2.75, 3.05) is 19.6 Å². The fourth-order valence-corrected chi connectivity index (χ4v) is 2.64. The van der Waals surface area contributed by atoms with Crippen LogP contribution in [0.15, 0.2) is 30.3 Å². The molecule has 1 aromatic carbocycles. The maximum Gasteiger partial charge on any atom is 0.244 e. The smallest absolute Gasteiger partial charge is 0.244 e. The number of amides is 1. The third-order valence-corrected chi connectivity index (χ3v) is 4.08. The van der Waals surface area contributed by atoms with E-state index >= 15 is 0 Å². The van der Waals surface area contributed by atoms with Crippen LogP contribution in [0, 0.1) is 17.2 Å². The molecule has 4 nitrogen and oxygen atoms in total. The summed E-state index contributed by atoms with van der Waals surface area (Å²) in [5, 5.41) is 11.7. The minimum atomic E-state index is -0.0626. The van der Waals surface area contributed by atoms with E-state index in [9.17, 15) is 4.79 Å². The van der Waals surface area contributed by atoms with Crippen molar-refractivity contribution >= 4 is 12.0 Å². The highest BCUT2D eigenvalue weighted by Gasteiger charge is 2.23. The van der Waals surface area contributed by atoms with Crippen molar-refractivity contribution in [1.82, 2.24) is 10.2 Å². The first-order chi connectivity index (χ1) is 10.6. The minimum Gasteiger partial charge on any atom is -0.352 e. The van der Waals surface area contributed by atoms with Gasteiger partial charge in [0.25, 0.3) is 0 Å². The Morgan fingerprint density at radius 3 is 2.77 bits per heavy atom. The molecule has 4 heteroatoms. The topological polar surface area (TPSA) is 56.1 Å². The van der Waals surface area contributed by atoms with Crippen LogP contribution in [-0.2, 0) is 4.79 Å². The van der Waals surface area contributed by atoms with Gasteiger partial charge in [0, 0.05) is 25.2 Å². The van der Waals surface area contributed by atoms with Crippen LogP contribution in [0.2, 0.25) is 0 Å². The van der Waals surface area contributed by atoms with Gasteiger partial charge >= 0.3 is 0 Å². The summed E-state index contributed by atoms with van der Waals surface area (Å²) < 4.78 is 0. The van der Waals surface area contributed by atoms with Crippen molar-refractivity contribution in [3.8, 4) is 6.07 Å². The van der Waals surface area contributed by atoms with Crippen molar-refractivity contribution in [2.24, 2.45) is 5.92 Å². The van der Waals surface area contributed by atoms with Crippen LogP contribution in [0.25, 0.3) is 6.08 Å². The number of benzene rings is 1. The van der Waals surface area contributed by atoms with E-state index in [0.29, 0.717) is 17.5 Å². The minimum absolute atomic E-state index is 0.0626. The van der Waals surface area contributed by atoms with Crippen LogP contribution in [0.3, 0.4) is 0 Å². The Balaban J connectivity index is 1.76. The normalized spacial score (nSPS) is 18.7. The number of nitrogens with one attached hydrogen (secondary N) is 1. The molecule has 1 aliphatic heterocycles. The monoisotopic (exact) mass is 297 g/mol. The van der Waals surface area contributed by atoms with Crippen molar-refractivity contribution in [2.45, 2.75) is 26.3 Å². The van der Waals surface area contributed by atoms with E-state index in [0.717, 1.165) is 31.6 Å². The molecule has 1 amide bonds. The Morgan fingerprint density at radius 2 is 2.18 bits per heavy atom. The molecule has 22 heavy (non-hydrogen) atoms. The molecule has 0 saturated carbocycles. The molecule has 1 aliphatic rings. The number of nitriles is 1. The highest BCUT2D eigenvalue weighted by atomic mass is 16.1. The standard InChI is InChI=1S/C18H23N3O/c1-14(2)21-10-9-17(13-21)12-20-18(22)8-7-15-3-5-16(11-19)6-4-15/h3-8,14,17H,9-10,12-13H2,1-2H3,(H,20,22)/b8-7-/t17-/m1/s1. The molecule has 1 atom stereocenters. The summed E-state index contributed by atoms with van der Waals surface area (Å²) in [6, 6.07) is 9.81. The zero-order chi connectivity index (χ0) is 15.9. The SMILES string of the molecule is CC(C)N1CC[C@H](CNC(=O)/C=C\c2ccc(C#N)cc2)C1. The fourth-order valence-electron chi connectivity index (χ4n) is 2.64. The fraction of sp³-hybridized carbons (Fsp3) is 0.444. The summed E-state index contributed by atoms with van der Waals surface area (Å²) in [6.45, 7) is 7.35. The maximum absolute atomic E-state index is 11.8. The van der Waals surface area contributed by atoms with Gasteiger partial charge in [0.05, 0.1) is 11.6 Å². The van der Waals surface area contributed by atoms with Gasteiger partial charge in [0.15, 0.2) is 0 Å². The largest absolute Gasteiger partial charge is 0.352 e. The molecule has 1 saturated heterocycles. The molecule has 1 N–H and O–H groups in total. The first-order valence-electron chi connectivity index (χ1n) is 7.78. The Kier molecular flexibility index (Phi) is 5.74. The molecule has 0 aromatic heterocycles. The van der Waals surface area contributed by atoms with Gasteiger partial charge in [-0.2, -0.15) is 5.26 Å². The van der Waals surface area contributed by atoms with Gasteiger partial charge in [0.1, 0.15) is 0 Å². The molecule has 0 spiro atoms. The van der Waals surface area contributed by atoms with Gasteiger partial charge in [-0.1, -0.05) is 12.1 Å². The number of rotatable bonds is 5. The Labute approximate surface area is 132 Å². The van der Waals surface area contributed by atoms with E-state index in [1.54, 1.807) is 24.3 Å². The highest BCUT2D eigenvalue weighted by Crippen LogP contribution is 2.17. The van der Waals surface area contributed by atoms with Gasteiger partial charge < -0.3 is 10.2 Å². The van der Waals surface area contributed by atoms with E-state index < -0.39 is 0 Å². The summed E-state index contributed by atoms with van der Waals surface area (Å²) in [7, 11) is 0. The zero-order valence-electron chi connectivity index (χ0n) is 13.2. The van der Waals surface area contributed by atoms with Crippen LogP contribution in [-0.4, -0.2) is 36.5 Å². The van der Waals surface area contributed by atoms with E-state index in [4.69, 9.17) is 5.26 Å². The lowest BCUT2D eigenvalue weighted by Crippen LogP contribution is -2.32. The Morgan fingerprint density at radius 1 is 1.45 bits per heavy atom. The first kappa shape index (κ1) is 16.3. The van der Waals surface area contributed by atoms with Crippen LogP contribution in [0.5, 0.6) is 0 Å². The maximum atomic E-state index is 11.8. The lowest BCUT2D eigenvalue weighted by atomic mass is 10.1. The van der Waals surface area contributed by atoms with Gasteiger partial charge in [-0.05, 0) is 56.5 Å².